The minimum Gasteiger partial charge on any atom is -0.460 e. The van der Waals surface area contributed by atoms with Crippen molar-refractivity contribution in [3.63, 3.8) is 0 Å². The minimum absolute atomic E-state index is 0.163. The molecular formula is C17H12Cl2O2. The lowest BCUT2D eigenvalue weighted by atomic mass is 9.99. The van der Waals surface area contributed by atoms with Crippen molar-refractivity contribution in [3.8, 4) is 0 Å². The third kappa shape index (κ3) is 2.45. The predicted molar refractivity (Wildman–Crippen MR) is 85.5 cm³/mol. The second kappa shape index (κ2) is 5.55. The smallest absolute Gasteiger partial charge is 0.198 e. The number of halogens is 2. The van der Waals surface area contributed by atoms with Crippen LogP contribution in [0.2, 0.25) is 10.0 Å². The molecule has 0 unspecified atom stereocenters. The van der Waals surface area contributed by atoms with Crippen molar-refractivity contribution in [2.45, 2.75) is 13.3 Å². The summed E-state index contributed by atoms with van der Waals surface area (Å²) in [4.78, 5) is 12.9. The molecule has 3 aromatic rings. The molecule has 1 heterocycles. The van der Waals surface area contributed by atoms with Gasteiger partial charge in [0.25, 0.3) is 0 Å². The lowest BCUT2D eigenvalue weighted by molar-refractivity contribution is 0.103. The molecule has 4 heteroatoms. The number of ketones is 1. The van der Waals surface area contributed by atoms with Gasteiger partial charge in [0, 0.05) is 22.4 Å². The first-order chi connectivity index (χ1) is 10.1. The van der Waals surface area contributed by atoms with Crippen molar-refractivity contribution < 1.29 is 9.21 Å². The Balaban J connectivity index is 2.24. The normalized spacial score (nSPS) is 11.0. The molecule has 0 radical (unpaired) electrons. The standard InChI is InChI=1S/C17H12Cl2O2/c1-2-14-16(11-5-3-4-6-15(11)21-14)17(20)12-9-10(18)7-8-13(12)19/h3-9H,2H2,1H3. The Kier molecular flexibility index (Phi) is 3.75. The minimum atomic E-state index is -0.163. The van der Waals surface area contributed by atoms with Gasteiger partial charge in [-0.05, 0) is 24.3 Å². The van der Waals surface area contributed by atoms with Gasteiger partial charge in [-0.3, -0.25) is 4.79 Å². The fraction of sp³-hybridized carbons (Fsp3) is 0.118. The van der Waals surface area contributed by atoms with Crippen LogP contribution in [0, 0.1) is 0 Å². The van der Waals surface area contributed by atoms with Gasteiger partial charge in [0.1, 0.15) is 11.3 Å². The van der Waals surface area contributed by atoms with Crippen molar-refractivity contribution in [1.82, 2.24) is 0 Å². The van der Waals surface area contributed by atoms with Gasteiger partial charge in [-0.25, -0.2) is 0 Å². The zero-order valence-corrected chi connectivity index (χ0v) is 12.8. The molecule has 0 fully saturated rings. The van der Waals surface area contributed by atoms with Crippen LogP contribution in [-0.4, -0.2) is 5.78 Å². The average Bonchev–Trinajstić information content (AvgIpc) is 2.87. The highest BCUT2D eigenvalue weighted by atomic mass is 35.5. The van der Waals surface area contributed by atoms with Gasteiger partial charge in [0.2, 0.25) is 0 Å². The zero-order chi connectivity index (χ0) is 15.0. The second-order valence-electron chi connectivity index (χ2n) is 4.70. The van der Waals surface area contributed by atoms with E-state index in [9.17, 15) is 4.79 Å². The van der Waals surface area contributed by atoms with Crippen LogP contribution in [0.25, 0.3) is 11.0 Å². The van der Waals surface area contributed by atoms with Crippen LogP contribution in [0.1, 0.15) is 28.6 Å². The topological polar surface area (TPSA) is 30.2 Å². The first kappa shape index (κ1) is 14.2. The number of aryl methyl sites for hydroxylation is 1. The molecule has 0 spiro atoms. The molecule has 0 N–H and O–H groups in total. The number of benzene rings is 2. The maximum atomic E-state index is 12.9. The Morgan fingerprint density at radius 2 is 1.90 bits per heavy atom. The van der Waals surface area contributed by atoms with Crippen molar-refractivity contribution in [1.29, 1.82) is 0 Å². The van der Waals surface area contributed by atoms with Crippen LogP contribution in [0.4, 0.5) is 0 Å². The van der Waals surface area contributed by atoms with Crippen LogP contribution in [-0.2, 0) is 6.42 Å². The van der Waals surface area contributed by atoms with Gasteiger partial charge < -0.3 is 4.42 Å². The summed E-state index contributed by atoms with van der Waals surface area (Å²) in [7, 11) is 0. The molecule has 0 saturated carbocycles. The fourth-order valence-corrected chi connectivity index (χ4v) is 2.78. The molecule has 0 saturated heterocycles. The molecule has 106 valence electrons. The lowest BCUT2D eigenvalue weighted by Crippen LogP contribution is -2.04. The number of carbonyl (C=O) groups is 1. The Labute approximate surface area is 132 Å². The monoisotopic (exact) mass is 318 g/mol. The van der Waals surface area contributed by atoms with E-state index >= 15 is 0 Å². The number of fused-ring (bicyclic) bond motifs is 1. The number of furan rings is 1. The van der Waals surface area contributed by atoms with Crippen LogP contribution in [0.3, 0.4) is 0 Å². The largest absolute Gasteiger partial charge is 0.460 e. The lowest BCUT2D eigenvalue weighted by Gasteiger charge is -2.04. The van der Waals surface area contributed by atoms with E-state index in [2.05, 4.69) is 0 Å². The first-order valence-corrected chi connectivity index (χ1v) is 7.37. The van der Waals surface area contributed by atoms with Gasteiger partial charge in [0.15, 0.2) is 5.78 Å². The molecule has 3 rings (SSSR count). The Bertz CT molecular complexity index is 834. The quantitative estimate of drug-likeness (QED) is 0.594. The van der Waals surface area contributed by atoms with Crippen molar-refractivity contribution in [2.24, 2.45) is 0 Å². The van der Waals surface area contributed by atoms with E-state index in [1.807, 2.05) is 31.2 Å². The summed E-state index contributed by atoms with van der Waals surface area (Å²) < 4.78 is 5.76. The Morgan fingerprint density at radius 3 is 2.67 bits per heavy atom. The van der Waals surface area contributed by atoms with Crippen molar-refractivity contribution in [3.05, 3.63) is 69.4 Å². The van der Waals surface area contributed by atoms with E-state index < -0.39 is 0 Å². The molecule has 21 heavy (non-hydrogen) atoms. The molecule has 0 atom stereocenters. The van der Waals surface area contributed by atoms with Crippen molar-refractivity contribution >= 4 is 40.0 Å². The summed E-state index contributed by atoms with van der Waals surface area (Å²) in [5, 5.41) is 1.67. The highest BCUT2D eigenvalue weighted by Crippen LogP contribution is 2.31. The van der Waals surface area contributed by atoms with E-state index in [4.69, 9.17) is 27.6 Å². The summed E-state index contributed by atoms with van der Waals surface area (Å²) in [6.45, 7) is 1.95. The van der Waals surface area contributed by atoms with Crippen LogP contribution in [0.5, 0.6) is 0 Å². The van der Waals surface area contributed by atoms with E-state index in [1.54, 1.807) is 18.2 Å². The predicted octanol–water partition coefficient (Wildman–Crippen LogP) is 5.53. The van der Waals surface area contributed by atoms with Gasteiger partial charge in [0.05, 0.1) is 10.6 Å². The van der Waals surface area contributed by atoms with Gasteiger partial charge in [-0.1, -0.05) is 48.3 Å². The number of carbonyl (C=O) groups excluding carboxylic acids is 1. The van der Waals surface area contributed by atoms with E-state index in [1.165, 1.54) is 0 Å². The molecule has 1 aromatic heterocycles. The highest BCUT2D eigenvalue weighted by molar-refractivity contribution is 6.37. The third-order valence-electron chi connectivity index (χ3n) is 3.39. The number of para-hydroxylation sites is 1. The number of hydrogen-bond acceptors (Lipinski definition) is 2. The zero-order valence-electron chi connectivity index (χ0n) is 11.3. The Hall–Kier alpha value is -1.77. The molecule has 2 aromatic carbocycles. The second-order valence-corrected chi connectivity index (χ2v) is 5.55. The fourth-order valence-electron chi connectivity index (χ4n) is 2.40. The molecular weight excluding hydrogens is 307 g/mol. The van der Waals surface area contributed by atoms with Crippen LogP contribution in [0.15, 0.2) is 46.9 Å². The summed E-state index contributed by atoms with van der Waals surface area (Å²) >= 11 is 12.1. The SMILES string of the molecule is CCc1oc2ccccc2c1C(=O)c1cc(Cl)ccc1Cl. The van der Waals surface area contributed by atoms with Gasteiger partial charge in [-0.2, -0.15) is 0 Å². The summed E-state index contributed by atoms with van der Waals surface area (Å²) in [6, 6.07) is 12.4. The third-order valence-corrected chi connectivity index (χ3v) is 3.95. The van der Waals surface area contributed by atoms with Gasteiger partial charge >= 0.3 is 0 Å². The van der Waals surface area contributed by atoms with Crippen molar-refractivity contribution in [2.75, 3.05) is 0 Å². The number of hydrogen-bond donors (Lipinski definition) is 0. The highest BCUT2D eigenvalue weighted by Gasteiger charge is 2.22. The Morgan fingerprint density at radius 1 is 1.14 bits per heavy atom. The average molecular weight is 319 g/mol. The summed E-state index contributed by atoms with van der Waals surface area (Å²) in [5.74, 6) is 0.501. The molecule has 0 aliphatic heterocycles. The first-order valence-electron chi connectivity index (χ1n) is 6.62. The van der Waals surface area contributed by atoms with Crippen LogP contribution >= 0.6 is 23.2 Å². The number of rotatable bonds is 3. The summed E-state index contributed by atoms with van der Waals surface area (Å²) in [5.41, 5.74) is 1.67. The van der Waals surface area contributed by atoms with Gasteiger partial charge in [-0.15, -0.1) is 0 Å². The molecule has 0 amide bonds. The van der Waals surface area contributed by atoms with E-state index in [0.29, 0.717) is 38.9 Å². The van der Waals surface area contributed by atoms with Crippen LogP contribution < -0.4 is 0 Å². The molecule has 0 aliphatic carbocycles. The maximum Gasteiger partial charge on any atom is 0.198 e. The summed E-state index contributed by atoms with van der Waals surface area (Å²) in [6.07, 6.45) is 0.633. The molecule has 0 bridgehead atoms. The van der Waals surface area contributed by atoms with E-state index in [0.717, 1.165) is 5.39 Å². The maximum absolute atomic E-state index is 12.9. The molecule has 0 aliphatic rings. The molecule has 2 nitrogen and oxygen atoms in total. The van der Waals surface area contributed by atoms with E-state index in [-0.39, 0.29) is 5.78 Å².